The predicted octanol–water partition coefficient (Wildman–Crippen LogP) is 3.58. The second kappa shape index (κ2) is 15.3. The summed E-state index contributed by atoms with van der Waals surface area (Å²) in [4.78, 5) is 35.1. The number of nitrogens with zero attached hydrogens (tertiary/aromatic N) is 3. The molecule has 2 unspecified atom stereocenters. The molecule has 4 rings (SSSR count). The number of carbonyl (C=O) groups excluding carboxylic acids is 2. The monoisotopic (exact) mass is 628 g/mol. The van der Waals surface area contributed by atoms with Crippen LogP contribution in [0.3, 0.4) is 0 Å². The lowest BCUT2D eigenvalue weighted by molar-refractivity contribution is -0.139. The van der Waals surface area contributed by atoms with E-state index in [0.29, 0.717) is 45.7 Å². The van der Waals surface area contributed by atoms with E-state index < -0.39 is 24.0 Å². The summed E-state index contributed by atoms with van der Waals surface area (Å²) in [5.41, 5.74) is 1.32. The summed E-state index contributed by atoms with van der Waals surface area (Å²) in [6, 6.07) is 3.23. The number of ether oxygens (including phenoxy) is 2. The Balaban J connectivity index is 0.00000205. The Labute approximate surface area is 238 Å². The molecule has 13 heteroatoms. The summed E-state index contributed by atoms with van der Waals surface area (Å²) in [7, 11) is 1.00. The number of rotatable bonds is 10. The largest absolute Gasteiger partial charge is 0.463 e. The van der Waals surface area contributed by atoms with E-state index in [9.17, 15) is 18.4 Å². The first-order chi connectivity index (χ1) is 18.9. The molecular weight excluding hydrogens is 598 g/mol. The van der Waals surface area contributed by atoms with Crippen molar-refractivity contribution >= 4 is 45.4 Å². The Morgan fingerprint density at radius 3 is 2.82 bits per heavy atom. The van der Waals surface area contributed by atoms with E-state index in [4.69, 9.17) is 19.6 Å². The summed E-state index contributed by atoms with van der Waals surface area (Å²) in [5.74, 6) is -0.561. The Morgan fingerprint density at radius 2 is 2.15 bits per heavy atom. The number of alkyl halides is 1. The van der Waals surface area contributed by atoms with Crippen LogP contribution < -0.4 is 5.32 Å². The normalized spacial score (nSPS) is 21.4. The number of hydrogen-bond donors (Lipinski definition) is 2. The summed E-state index contributed by atoms with van der Waals surface area (Å²) >= 11 is 4.79. The number of hydrogen-bond acceptors (Lipinski definition) is 10. The molecule has 2 aliphatic heterocycles. The number of carbonyl (C=O) groups is 2. The molecule has 0 aliphatic carbocycles. The average molecular weight is 630 g/mol. The first kappa shape index (κ1) is 31.0. The van der Waals surface area contributed by atoms with Gasteiger partial charge < -0.3 is 24.7 Å². The molecule has 0 amide bonds. The smallest absolute Gasteiger partial charge is 0.338 e. The maximum Gasteiger partial charge on any atom is 0.338 e. The molecule has 39 heavy (non-hydrogen) atoms. The highest BCUT2D eigenvalue weighted by Gasteiger charge is 2.36. The number of aliphatic hydroxyl groups excluding tert-OH is 1. The summed E-state index contributed by atoms with van der Waals surface area (Å²) < 4.78 is 39.7. The van der Waals surface area contributed by atoms with E-state index in [1.807, 2.05) is 10.3 Å². The number of esters is 1. The molecule has 2 aromatic rings. The molecule has 1 saturated heterocycles. The molecule has 2 N–H and O–H groups in total. The van der Waals surface area contributed by atoms with Crippen molar-refractivity contribution in [2.45, 2.75) is 38.0 Å². The van der Waals surface area contributed by atoms with Crippen LogP contribution in [0.5, 0.6) is 0 Å². The highest BCUT2D eigenvalue weighted by atomic mass is 79.9. The van der Waals surface area contributed by atoms with Crippen LogP contribution in [0.25, 0.3) is 0 Å². The molecule has 1 aromatic heterocycles. The minimum absolute atomic E-state index is 0.0417. The van der Waals surface area contributed by atoms with Crippen LogP contribution >= 0.6 is 27.3 Å². The van der Waals surface area contributed by atoms with E-state index in [-0.39, 0.29) is 44.5 Å². The van der Waals surface area contributed by atoms with Gasteiger partial charge in [-0.25, -0.2) is 18.6 Å². The van der Waals surface area contributed by atoms with Gasteiger partial charge in [-0.15, -0.1) is 11.3 Å². The molecule has 3 atom stereocenters. The number of aliphatic imine (C=N–C) groups is 1. The summed E-state index contributed by atoms with van der Waals surface area (Å²) in [6.07, 6.45) is 2.22. The summed E-state index contributed by atoms with van der Waals surface area (Å²) in [6.45, 7) is 2.40. The van der Waals surface area contributed by atoms with Crippen molar-refractivity contribution in [2.75, 3.05) is 40.0 Å². The number of nitrogens with one attached hydrogen (secondary N) is 1. The van der Waals surface area contributed by atoms with Gasteiger partial charge in [0, 0.05) is 48.0 Å². The van der Waals surface area contributed by atoms with Crippen LogP contribution in [0.4, 0.5) is 8.78 Å². The number of piperidine rings is 1. The van der Waals surface area contributed by atoms with Crippen LogP contribution in [0.1, 0.15) is 36.4 Å². The lowest BCUT2D eigenvalue weighted by atomic mass is 9.94. The molecule has 3 heterocycles. The third kappa shape index (κ3) is 7.98. The fraction of sp³-hybridized carbons (Fsp3) is 0.462. The van der Waals surface area contributed by atoms with Gasteiger partial charge in [0.25, 0.3) is 0 Å². The Morgan fingerprint density at radius 1 is 1.36 bits per heavy atom. The maximum absolute atomic E-state index is 14.5. The van der Waals surface area contributed by atoms with Crippen LogP contribution in [-0.2, 0) is 19.1 Å². The highest BCUT2D eigenvalue weighted by Crippen LogP contribution is 2.37. The summed E-state index contributed by atoms with van der Waals surface area (Å²) in [5, 5.41) is 12.7. The molecule has 1 aromatic carbocycles. The quantitative estimate of drug-likeness (QED) is 0.233. The zero-order chi connectivity index (χ0) is 28.4. The molecule has 2 aliphatic rings. The average Bonchev–Trinajstić information content (AvgIpc) is 3.46. The van der Waals surface area contributed by atoms with Gasteiger partial charge in [0.2, 0.25) is 0 Å². The first-order valence-electron chi connectivity index (χ1n) is 12.3. The van der Waals surface area contributed by atoms with Gasteiger partial charge in [0.1, 0.15) is 30.9 Å². The Hall–Kier alpha value is -2.58. The third-order valence-electron chi connectivity index (χ3n) is 6.13. The fourth-order valence-electron chi connectivity index (χ4n) is 4.46. The van der Waals surface area contributed by atoms with Crippen molar-refractivity contribution in [1.29, 1.82) is 0 Å². The van der Waals surface area contributed by atoms with Crippen LogP contribution in [-0.4, -0.2) is 85.3 Å². The van der Waals surface area contributed by atoms with Crippen molar-refractivity contribution in [2.24, 2.45) is 4.99 Å². The van der Waals surface area contributed by atoms with Crippen molar-refractivity contribution < 1.29 is 33.0 Å². The van der Waals surface area contributed by atoms with Gasteiger partial charge >= 0.3 is 5.97 Å². The van der Waals surface area contributed by atoms with Gasteiger partial charge in [-0.05, 0) is 37.5 Å². The van der Waals surface area contributed by atoms with Crippen LogP contribution in [0.2, 0.25) is 0 Å². The molecule has 0 saturated carbocycles. The Bertz CT molecular complexity index is 1180. The van der Waals surface area contributed by atoms with Crippen molar-refractivity contribution in [3.8, 4) is 0 Å². The van der Waals surface area contributed by atoms with Gasteiger partial charge in [-0.2, -0.15) is 0 Å². The highest BCUT2D eigenvalue weighted by molar-refractivity contribution is 9.10. The number of likely N-dealkylation sites (tertiary alicyclic amines) is 1. The SMILES string of the molecule is CCOC(=O)C1=C(CN2CC(F)CCC2COCC=O)NC(c2nccs2)=N[C@H]1c1ccc(F)cc1Br.CO. The number of aromatic nitrogens is 1. The van der Waals surface area contributed by atoms with Crippen molar-refractivity contribution in [3.63, 3.8) is 0 Å². The fourth-order valence-corrected chi connectivity index (χ4v) is 5.61. The minimum atomic E-state index is -1.04. The maximum atomic E-state index is 14.5. The van der Waals surface area contributed by atoms with E-state index in [2.05, 4.69) is 26.2 Å². The standard InChI is InChI=1S/C25H27BrF2N4O4S.CH4O/c1-2-36-25(34)21-20(13-32-12-16(28)3-5-17(32)14-35-9-8-33)30-23(24-29-7-10-37-24)31-22(21)18-6-4-15(27)11-19(18)26;1-2/h4,6-8,10-11,16-17,22H,2-3,5,9,12-14H2,1H3,(H,30,31);2H,1H3/t16?,17?,22-;/m0./s1. The lowest BCUT2D eigenvalue weighted by Crippen LogP contribution is -2.50. The second-order valence-electron chi connectivity index (χ2n) is 8.58. The molecule has 1 fully saturated rings. The Kier molecular flexibility index (Phi) is 12.1. The van der Waals surface area contributed by atoms with Gasteiger partial charge in [-0.3, -0.25) is 9.89 Å². The van der Waals surface area contributed by atoms with Crippen molar-refractivity contribution in [3.05, 3.63) is 61.9 Å². The molecule has 0 bridgehead atoms. The third-order valence-corrected chi connectivity index (χ3v) is 7.60. The zero-order valence-electron chi connectivity index (χ0n) is 21.6. The molecular formula is C26H31BrF2N4O5S. The first-order valence-corrected chi connectivity index (χ1v) is 14.0. The molecule has 212 valence electrons. The van der Waals surface area contributed by atoms with Crippen LogP contribution in [0, 0.1) is 5.82 Å². The number of aldehydes is 1. The second-order valence-corrected chi connectivity index (χ2v) is 10.3. The molecule has 0 radical (unpaired) electrons. The number of thiazole rings is 1. The predicted molar refractivity (Wildman–Crippen MR) is 147 cm³/mol. The topological polar surface area (TPSA) is 113 Å². The van der Waals surface area contributed by atoms with Gasteiger partial charge in [0.05, 0.1) is 18.8 Å². The lowest BCUT2D eigenvalue weighted by Gasteiger charge is -2.39. The molecule has 9 nitrogen and oxygen atoms in total. The van der Waals surface area contributed by atoms with Crippen molar-refractivity contribution in [1.82, 2.24) is 15.2 Å². The van der Waals surface area contributed by atoms with Gasteiger partial charge in [0.15, 0.2) is 10.8 Å². The number of halogens is 3. The van der Waals surface area contributed by atoms with E-state index in [1.165, 1.54) is 23.5 Å². The number of benzene rings is 1. The zero-order valence-corrected chi connectivity index (χ0v) is 24.0. The number of aliphatic hydroxyl groups is 1. The van der Waals surface area contributed by atoms with Crippen LogP contribution in [0.15, 0.2) is 50.5 Å². The minimum Gasteiger partial charge on any atom is -0.463 e. The van der Waals surface area contributed by atoms with E-state index in [1.54, 1.807) is 19.2 Å². The van der Waals surface area contributed by atoms with E-state index >= 15 is 0 Å². The molecule has 0 spiro atoms. The van der Waals surface area contributed by atoms with E-state index in [0.717, 1.165) is 7.11 Å². The number of amidine groups is 1. The van der Waals surface area contributed by atoms with Gasteiger partial charge in [-0.1, -0.05) is 22.0 Å².